The molecule has 2 aromatic heterocycles. The highest BCUT2D eigenvalue weighted by atomic mass is 16.5. The average Bonchev–Trinajstić information content (AvgIpc) is 3.01. The minimum Gasteiger partial charge on any atom is -0.496 e. The Morgan fingerprint density at radius 1 is 1.21 bits per heavy atom. The number of aryl methyl sites for hydroxylation is 1. The topological polar surface area (TPSA) is 72.1 Å². The smallest absolute Gasteiger partial charge is 0.215 e. The third-order valence-electron chi connectivity index (χ3n) is 3.45. The molecule has 0 aliphatic carbocycles. The second-order valence-electron chi connectivity index (χ2n) is 5.25. The van der Waals surface area contributed by atoms with Crippen LogP contribution in [0.3, 0.4) is 0 Å². The number of aromatic nitrogens is 3. The molecule has 0 unspecified atom stereocenters. The predicted octanol–water partition coefficient (Wildman–Crippen LogP) is 3.93. The van der Waals surface area contributed by atoms with Gasteiger partial charge in [-0.3, -0.25) is 0 Å². The van der Waals surface area contributed by atoms with Crippen molar-refractivity contribution in [3.63, 3.8) is 0 Å². The van der Waals surface area contributed by atoms with Gasteiger partial charge in [-0.25, -0.2) is 4.98 Å². The zero-order chi connectivity index (χ0) is 16.9. The number of rotatable bonds is 6. The van der Waals surface area contributed by atoms with Gasteiger partial charge in [-0.1, -0.05) is 6.07 Å². The molecule has 0 bridgehead atoms. The molecule has 0 amide bonds. The zero-order valence-electron chi connectivity index (χ0n) is 14.0. The third kappa shape index (κ3) is 3.48. The number of ether oxygens (including phenoxy) is 2. The van der Waals surface area contributed by atoms with Crippen LogP contribution in [0.2, 0.25) is 0 Å². The van der Waals surface area contributed by atoms with Gasteiger partial charge in [-0.2, -0.15) is 4.98 Å². The molecule has 0 spiro atoms. The van der Waals surface area contributed by atoms with Crippen molar-refractivity contribution in [2.75, 3.05) is 19.0 Å². The average molecular weight is 324 g/mol. The Morgan fingerprint density at radius 3 is 2.79 bits per heavy atom. The van der Waals surface area contributed by atoms with E-state index in [0.29, 0.717) is 18.3 Å². The highest BCUT2D eigenvalue weighted by Gasteiger charge is 2.10. The van der Waals surface area contributed by atoms with E-state index in [1.54, 1.807) is 13.3 Å². The summed E-state index contributed by atoms with van der Waals surface area (Å²) in [4.78, 5) is 12.0. The molecule has 3 aromatic rings. The molecule has 0 saturated carbocycles. The van der Waals surface area contributed by atoms with E-state index in [-0.39, 0.29) is 0 Å². The van der Waals surface area contributed by atoms with Gasteiger partial charge in [0.15, 0.2) is 0 Å². The van der Waals surface area contributed by atoms with Gasteiger partial charge in [0, 0.05) is 29.7 Å². The molecule has 2 N–H and O–H groups in total. The minimum atomic E-state index is 0.585. The SMILES string of the molecule is CCOc1cccc(Nc2ccc(-c3ncc(C)[nH]3)c(OC)c2)n1. The first-order valence-corrected chi connectivity index (χ1v) is 7.76. The molecule has 0 saturated heterocycles. The fourth-order valence-corrected chi connectivity index (χ4v) is 2.37. The van der Waals surface area contributed by atoms with Crippen LogP contribution in [0.1, 0.15) is 12.6 Å². The molecule has 0 aliphatic rings. The molecule has 124 valence electrons. The molecule has 0 fully saturated rings. The number of nitrogens with zero attached hydrogens (tertiary/aromatic N) is 2. The third-order valence-corrected chi connectivity index (χ3v) is 3.45. The first-order valence-electron chi connectivity index (χ1n) is 7.76. The normalized spacial score (nSPS) is 10.5. The van der Waals surface area contributed by atoms with Crippen LogP contribution < -0.4 is 14.8 Å². The van der Waals surface area contributed by atoms with Crippen LogP contribution in [0.5, 0.6) is 11.6 Å². The molecule has 0 radical (unpaired) electrons. The minimum absolute atomic E-state index is 0.585. The molecule has 1 aromatic carbocycles. The number of imidazole rings is 1. The number of nitrogens with one attached hydrogen (secondary N) is 2. The molecule has 3 rings (SSSR count). The molecular formula is C18H20N4O2. The standard InChI is InChI=1S/C18H20N4O2/c1-4-24-17-7-5-6-16(22-17)21-13-8-9-14(15(10-13)23-3)18-19-11-12(2)20-18/h5-11H,4H2,1-3H3,(H,19,20)(H,21,22). The number of pyridine rings is 1. The molecule has 0 atom stereocenters. The maximum atomic E-state index is 5.50. The van der Waals surface area contributed by atoms with E-state index in [9.17, 15) is 0 Å². The maximum absolute atomic E-state index is 5.50. The zero-order valence-corrected chi connectivity index (χ0v) is 14.0. The van der Waals surface area contributed by atoms with E-state index in [0.717, 1.165) is 28.5 Å². The molecule has 24 heavy (non-hydrogen) atoms. The summed E-state index contributed by atoms with van der Waals surface area (Å²) in [5.41, 5.74) is 2.79. The summed E-state index contributed by atoms with van der Waals surface area (Å²) in [6.07, 6.45) is 1.80. The van der Waals surface area contributed by atoms with Gasteiger partial charge in [0.2, 0.25) is 5.88 Å². The van der Waals surface area contributed by atoms with Crippen molar-refractivity contribution >= 4 is 11.5 Å². The van der Waals surface area contributed by atoms with Gasteiger partial charge in [-0.15, -0.1) is 0 Å². The lowest BCUT2D eigenvalue weighted by Crippen LogP contribution is -1.99. The lowest BCUT2D eigenvalue weighted by Gasteiger charge is -2.11. The number of benzene rings is 1. The largest absolute Gasteiger partial charge is 0.496 e. The lowest BCUT2D eigenvalue weighted by molar-refractivity contribution is 0.327. The number of hydrogen-bond donors (Lipinski definition) is 2. The van der Waals surface area contributed by atoms with Gasteiger partial charge in [0.05, 0.1) is 19.3 Å². The van der Waals surface area contributed by atoms with E-state index >= 15 is 0 Å². The Bertz CT molecular complexity index is 829. The first-order chi connectivity index (χ1) is 11.7. The molecule has 0 aliphatic heterocycles. The van der Waals surface area contributed by atoms with Crippen LogP contribution in [0.15, 0.2) is 42.6 Å². The summed E-state index contributed by atoms with van der Waals surface area (Å²) in [6, 6.07) is 11.5. The Kier molecular flexibility index (Phi) is 4.65. The molecule has 2 heterocycles. The first kappa shape index (κ1) is 15.9. The van der Waals surface area contributed by atoms with Crippen LogP contribution in [0, 0.1) is 6.92 Å². The second kappa shape index (κ2) is 7.04. The summed E-state index contributed by atoms with van der Waals surface area (Å²) in [5.74, 6) is 2.82. The Hall–Kier alpha value is -3.02. The molecule has 6 heteroatoms. The van der Waals surface area contributed by atoms with Crippen LogP contribution >= 0.6 is 0 Å². The molecular weight excluding hydrogens is 304 g/mol. The number of aromatic amines is 1. The lowest BCUT2D eigenvalue weighted by atomic mass is 10.1. The van der Waals surface area contributed by atoms with Crippen molar-refractivity contribution < 1.29 is 9.47 Å². The van der Waals surface area contributed by atoms with E-state index < -0.39 is 0 Å². The van der Waals surface area contributed by atoms with Crippen molar-refractivity contribution in [1.82, 2.24) is 15.0 Å². The predicted molar refractivity (Wildman–Crippen MR) is 94.0 cm³/mol. The number of methoxy groups -OCH3 is 1. The summed E-state index contributed by atoms with van der Waals surface area (Å²) in [7, 11) is 1.65. The van der Waals surface area contributed by atoms with Crippen LogP contribution in [0.4, 0.5) is 11.5 Å². The van der Waals surface area contributed by atoms with E-state index in [2.05, 4.69) is 20.3 Å². The Labute approximate surface area is 140 Å². The van der Waals surface area contributed by atoms with E-state index in [1.807, 2.05) is 50.2 Å². The van der Waals surface area contributed by atoms with Crippen molar-refractivity contribution in [1.29, 1.82) is 0 Å². The van der Waals surface area contributed by atoms with Crippen molar-refractivity contribution in [2.24, 2.45) is 0 Å². The summed E-state index contributed by atoms with van der Waals surface area (Å²) < 4.78 is 10.9. The maximum Gasteiger partial charge on any atom is 0.215 e. The highest BCUT2D eigenvalue weighted by molar-refractivity contribution is 5.70. The summed E-state index contributed by atoms with van der Waals surface area (Å²) in [6.45, 7) is 4.49. The second-order valence-corrected chi connectivity index (χ2v) is 5.25. The van der Waals surface area contributed by atoms with Gasteiger partial charge < -0.3 is 19.8 Å². The van der Waals surface area contributed by atoms with Gasteiger partial charge in [0.1, 0.15) is 17.4 Å². The van der Waals surface area contributed by atoms with E-state index in [1.165, 1.54) is 0 Å². The van der Waals surface area contributed by atoms with E-state index in [4.69, 9.17) is 9.47 Å². The van der Waals surface area contributed by atoms with Gasteiger partial charge in [0.25, 0.3) is 0 Å². The number of hydrogen-bond acceptors (Lipinski definition) is 5. The quantitative estimate of drug-likeness (QED) is 0.719. The van der Waals surface area contributed by atoms with Crippen LogP contribution in [-0.2, 0) is 0 Å². The van der Waals surface area contributed by atoms with Crippen molar-refractivity contribution in [3.8, 4) is 23.0 Å². The Balaban J connectivity index is 1.86. The number of anilines is 2. The van der Waals surface area contributed by atoms with Gasteiger partial charge in [-0.05, 0) is 32.0 Å². The molecule has 6 nitrogen and oxygen atoms in total. The van der Waals surface area contributed by atoms with Crippen molar-refractivity contribution in [3.05, 3.63) is 48.3 Å². The summed E-state index contributed by atoms with van der Waals surface area (Å²) >= 11 is 0. The Morgan fingerprint density at radius 2 is 2.08 bits per heavy atom. The van der Waals surface area contributed by atoms with Crippen LogP contribution in [0.25, 0.3) is 11.4 Å². The summed E-state index contributed by atoms with van der Waals surface area (Å²) in [5, 5.41) is 3.26. The number of H-pyrrole nitrogens is 1. The monoisotopic (exact) mass is 324 g/mol. The highest BCUT2D eigenvalue weighted by Crippen LogP contribution is 2.31. The fraction of sp³-hybridized carbons (Fsp3) is 0.222. The van der Waals surface area contributed by atoms with Gasteiger partial charge >= 0.3 is 0 Å². The fourth-order valence-electron chi connectivity index (χ4n) is 2.37. The van der Waals surface area contributed by atoms with Crippen LogP contribution in [-0.4, -0.2) is 28.7 Å². The van der Waals surface area contributed by atoms with Crippen molar-refractivity contribution in [2.45, 2.75) is 13.8 Å².